The van der Waals surface area contributed by atoms with Crippen LogP contribution in [0.2, 0.25) is 0 Å². The molecule has 0 aromatic heterocycles. The first-order chi connectivity index (χ1) is 18.2. The molecule has 0 spiro atoms. The van der Waals surface area contributed by atoms with Gasteiger partial charge in [0.1, 0.15) is 18.1 Å². The van der Waals surface area contributed by atoms with Crippen LogP contribution in [0.5, 0.6) is 11.5 Å². The first kappa shape index (κ1) is 24.3. The monoisotopic (exact) mass is 512 g/mol. The molecule has 2 heterocycles. The minimum atomic E-state index is -1.26. The van der Waals surface area contributed by atoms with Crippen LogP contribution in [0.3, 0.4) is 0 Å². The van der Waals surface area contributed by atoms with Crippen LogP contribution in [0.25, 0.3) is 5.76 Å². The molecule has 1 amide bonds. The third kappa shape index (κ3) is 3.94. The number of aliphatic hydroxyl groups excluding tert-OH is 1. The van der Waals surface area contributed by atoms with Crippen LogP contribution < -0.4 is 14.5 Å². The minimum Gasteiger partial charge on any atom is -0.507 e. The molecule has 1 unspecified atom stereocenters. The Bertz CT molecular complexity index is 1570. The molecule has 5 rings (SSSR count). The van der Waals surface area contributed by atoms with Gasteiger partial charge >= 0.3 is 5.69 Å². The van der Waals surface area contributed by atoms with Crippen molar-refractivity contribution in [1.29, 1.82) is 5.26 Å². The maximum atomic E-state index is 13.4. The lowest BCUT2D eigenvalue weighted by atomic mass is 9.94. The second-order valence-corrected chi connectivity index (χ2v) is 8.79. The fourth-order valence-electron chi connectivity index (χ4n) is 4.62. The normalized spacial score (nSPS) is 18.1. The Labute approximate surface area is 216 Å². The highest BCUT2D eigenvalue weighted by Gasteiger charge is 2.47. The largest absolute Gasteiger partial charge is 0.507 e. The summed E-state index contributed by atoms with van der Waals surface area (Å²) in [6.07, 6.45) is 0. The highest BCUT2D eigenvalue weighted by Crippen LogP contribution is 2.44. The number of phenols is 1. The van der Waals surface area contributed by atoms with E-state index in [1.54, 1.807) is 18.2 Å². The number of fused-ring (bicyclic) bond motifs is 1. The van der Waals surface area contributed by atoms with Gasteiger partial charge in [-0.15, -0.1) is 0 Å². The molecule has 11 nitrogen and oxygen atoms in total. The smallest absolute Gasteiger partial charge is 0.311 e. The minimum absolute atomic E-state index is 0.123. The number of Topliss-reactive ketones (excluding diaryl/α,β-unsaturated/α-hetero) is 1. The zero-order valence-electron chi connectivity index (χ0n) is 20.0. The Kier molecular flexibility index (Phi) is 5.92. The molecule has 190 valence electrons. The Morgan fingerprint density at radius 3 is 2.55 bits per heavy atom. The molecule has 2 aliphatic rings. The second-order valence-electron chi connectivity index (χ2n) is 8.79. The van der Waals surface area contributed by atoms with E-state index in [1.807, 2.05) is 18.0 Å². The van der Waals surface area contributed by atoms with Gasteiger partial charge in [0.2, 0.25) is 0 Å². The molecule has 1 saturated heterocycles. The number of carbonyl (C=O) groups excluding carboxylic acids is 2. The third-order valence-corrected chi connectivity index (χ3v) is 6.56. The van der Waals surface area contributed by atoms with Crippen molar-refractivity contribution in [3.8, 4) is 17.6 Å². The summed E-state index contributed by atoms with van der Waals surface area (Å²) in [7, 11) is 1.85. The van der Waals surface area contributed by atoms with Crippen molar-refractivity contribution < 1.29 is 29.5 Å². The molecule has 3 aromatic carbocycles. The molecule has 38 heavy (non-hydrogen) atoms. The SMILES string of the molecule is CN1CCOc2ccc(/C(O)=C3\C(=O)C(=O)N(c4ccc(C#N)cc4)C3c3ccc(O)c([N+](=O)[O-])c3)cc21. The van der Waals surface area contributed by atoms with Gasteiger partial charge in [0, 0.05) is 24.4 Å². The summed E-state index contributed by atoms with van der Waals surface area (Å²) in [4.78, 5) is 40.5. The van der Waals surface area contributed by atoms with Gasteiger partial charge in [-0.1, -0.05) is 6.07 Å². The van der Waals surface area contributed by atoms with Gasteiger partial charge < -0.3 is 19.8 Å². The van der Waals surface area contributed by atoms with E-state index in [2.05, 4.69) is 0 Å². The maximum absolute atomic E-state index is 13.4. The van der Waals surface area contributed by atoms with Crippen LogP contribution in [0.15, 0.2) is 66.2 Å². The standard InChI is InChI=1S/C27H20N4O7/c1-29-10-11-38-22-9-5-17(13-20(22)29)25(33)23-24(16-4-8-21(32)19(12-16)31(36)37)30(27(35)26(23)34)18-6-2-15(14-28)3-7-18/h2-9,12-13,24,32-33H,10-11H2,1H3/b25-23+. The number of phenolic OH excluding ortho intramolecular Hbond substituents is 1. The second kappa shape index (κ2) is 9.25. The number of anilines is 2. The van der Waals surface area contributed by atoms with Crippen LogP contribution in [0, 0.1) is 21.4 Å². The number of aromatic hydroxyl groups is 1. The van der Waals surface area contributed by atoms with Crippen LogP contribution in [-0.2, 0) is 9.59 Å². The molecule has 11 heteroatoms. The van der Waals surface area contributed by atoms with E-state index in [4.69, 9.17) is 10.00 Å². The topological polar surface area (TPSA) is 157 Å². The summed E-state index contributed by atoms with van der Waals surface area (Å²) < 4.78 is 5.64. The Hall–Kier alpha value is -5.37. The molecular formula is C27H20N4O7. The average molecular weight is 512 g/mol. The number of nitro benzene ring substituents is 1. The van der Waals surface area contributed by atoms with E-state index >= 15 is 0 Å². The molecule has 0 radical (unpaired) electrons. The van der Waals surface area contributed by atoms with E-state index in [9.17, 15) is 29.9 Å². The number of nitriles is 1. The van der Waals surface area contributed by atoms with Gasteiger partial charge in [-0.25, -0.2) is 0 Å². The fourth-order valence-corrected chi connectivity index (χ4v) is 4.62. The number of nitro groups is 1. The number of hydrogen-bond acceptors (Lipinski definition) is 9. The quantitative estimate of drug-likeness (QED) is 0.175. The Morgan fingerprint density at radius 2 is 1.87 bits per heavy atom. The zero-order chi connectivity index (χ0) is 27.1. The maximum Gasteiger partial charge on any atom is 0.311 e. The van der Waals surface area contributed by atoms with E-state index in [0.717, 1.165) is 17.0 Å². The molecular weight excluding hydrogens is 492 g/mol. The summed E-state index contributed by atoms with van der Waals surface area (Å²) in [6, 6.07) is 14.9. The Balaban J connectivity index is 1.73. The molecule has 0 aliphatic carbocycles. The van der Waals surface area contributed by atoms with Gasteiger partial charge in [-0.3, -0.25) is 24.6 Å². The summed E-state index contributed by atoms with van der Waals surface area (Å²) >= 11 is 0. The number of ketones is 1. The number of benzene rings is 3. The van der Waals surface area contributed by atoms with E-state index < -0.39 is 39.9 Å². The zero-order valence-corrected chi connectivity index (χ0v) is 20.0. The Morgan fingerprint density at radius 1 is 1.13 bits per heavy atom. The molecule has 2 N–H and O–H groups in total. The van der Waals surface area contributed by atoms with Gasteiger partial charge in [0.15, 0.2) is 5.75 Å². The van der Waals surface area contributed by atoms with E-state index in [0.29, 0.717) is 30.2 Å². The van der Waals surface area contributed by atoms with Crippen LogP contribution in [0.4, 0.5) is 17.1 Å². The first-order valence-electron chi connectivity index (χ1n) is 11.5. The van der Waals surface area contributed by atoms with Gasteiger partial charge in [0.05, 0.1) is 40.4 Å². The number of aliphatic hydroxyl groups is 1. The number of likely N-dealkylation sites (N-methyl/N-ethyl adjacent to an activating group) is 1. The summed E-state index contributed by atoms with van der Waals surface area (Å²) in [5.41, 5.74) is 0.708. The van der Waals surface area contributed by atoms with Gasteiger partial charge in [0.25, 0.3) is 11.7 Å². The summed E-state index contributed by atoms with van der Waals surface area (Å²) in [6.45, 7) is 1.10. The van der Waals surface area contributed by atoms with Crippen molar-refractivity contribution >= 4 is 34.5 Å². The first-order valence-corrected chi connectivity index (χ1v) is 11.5. The molecule has 0 saturated carbocycles. The molecule has 0 bridgehead atoms. The fraction of sp³-hybridized carbons (Fsp3) is 0.148. The van der Waals surface area contributed by atoms with Crippen LogP contribution in [-0.4, -0.2) is 47.0 Å². The summed E-state index contributed by atoms with van der Waals surface area (Å²) in [5, 5.41) is 42.1. The van der Waals surface area contributed by atoms with E-state index in [1.165, 1.54) is 30.3 Å². The van der Waals surface area contributed by atoms with Gasteiger partial charge in [-0.05, 0) is 54.1 Å². The average Bonchev–Trinajstić information content (AvgIpc) is 3.18. The van der Waals surface area contributed by atoms with Crippen molar-refractivity contribution in [2.24, 2.45) is 0 Å². The number of rotatable bonds is 4. The number of hydrogen-bond donors (Lipinski definition) is 2. The van der Waals surface area contributed by atoms with Gasteiger partial charge in [-0.2, -0.15) is 5.26 Å². The van der Waals surface area contributed by atoms with Crippen molar-refractivity contribution in [2.75, 3.05) is 30.0 Å². The third-order valence-electron chi connectivity index (χ3n) is 6.56. The number of nitrogens with zero attached hydrogens (tertiary/aromatic N) is 4. The van der Waals surface area contributed by atoms with Crippen molar-refractivity contribution in [3.05, 3.63) is 93.0 Å². The highest BCUT2D eigenvalue weighted by molar-refractivity contribution is 6.51. The lowest BCUT2D eigenvalue weighted by Crippen LogP contribution is -2.29. The molecule has 1 fully saturated rings. The number of carbonyl (C=O) groups is 2. The van der Waals surface area contributed by atoms with Crippen molar-refractivity contribution in [1.82, 2.24) is 0 Å². The molecule has 1 atom stereocenters. The van der Waals surface area contributed by atoms with Crippen LogP contribution >= 0.6 is 0 Å². The number of amides is 1. The lowest BCUT2D eigenvalue weighted by molar-refractivity contribution is -0.385. The molecule has 2 aliphatic heterocycles. The highest BCUT2D eigenvalue weighted by atomic mass is 16.6. The molecule has 3 aromatic rings. The van der Waals surface area contributed by atoms with Crippen LogP contribution in [0.1, 0.15) is 22.7 Å². The summed E-state index contributed by atoms with van der Waals surface area (Å²) in [5.74, 6) is -2.42. The van der Waals surface area contributed by atoms with Crippen molar-refractivity contribution in [2.45, 2.75) is 6.04 Å². The number of ether oxygens (including phenoxy) is 1. The predicted molar refractivity (Wildman–Crippen MR) is 136 cm³/mol. The van der Waals surface area contributed by atoms with Crippen molar-refractivity contribution in [3.63, 3.8) is 0 Å². The van der Waals surface area contributed by atoms with E-state index in [-0.39, 0.29) is 22.4 Å². The predicted octanol–water partition coefficient (Wildman–Crippen LogP) is 3.63. The lowest BCUT2D eigenvalue weighted by Gasteiger charge is -2.28.